The van der Waals surface area contributed by atoms with Gasteiger partial charge in [-0.25, -0.2) is 0 Å². The highest BCUT2D eigenvalue weighted by atomic mass is 32.1. The molecule has 4 aromatic rings. The summed E-state index contributed by atoms with van der Waals surface area (Å²) in [4.78, 5) is 17.7. The molecule has 0 aliphatic rings. The number of aromatic amines is 1. The van der Waals surface area contributed by atoms with Gasteiger partial charge in [0.05, 0.1) is 12.0 Å². The van der Waals surface area contributed by atoms with E-state index in [1.54, 1.807) is 18.4 Å². The van der Waals surface area contributed by atoms with Gasteiger partial charge in [0.2, 0.25) is 17.6 Å². The first-order valence-electron chi connectivity index (χ1n) is 11.1. The van der Waals surface area contributed by atoms with E-state index in [1.165, 1.54) is 0 Å². The van der Waals surface area contributed by atoms with E-state index in [0.717, 1.165) is 41.9 Å². The molecule has 34 heavy (non-hydrogen) atoms. The van der Waals surface area contributed by atoms with E-state index in [-0.39, 0.29) is 5.91 Å². The van der Waals surface area contributed by atoms with Gasteiger partial charge in [0.15, 0.2) is 10.6 Å². The van der Waals surface area contributed by atoms with Gasteiger partial charge in [-0.3, -0.25) is 14.5 Å². The number of carbonyl (C=O) groups is 1. The molecule has 0 fully saturated rings. The molecule has 3 aromatic heterocycles. The smallest absolute Gasteiger partial charge is 0.226 e. The fourth-order valence-corrected chi connectivity index (χ4v) is 4.33. The zero-order valence-electron chi connectivity index (χ0n) is 18.8. The average Bonchev–Trinajstić information content (AvgIpc) is 3.61. The van der Waals surface area contributed by atoms with E-state index in [4.69, 9.17) is 21.5 Å². The number of nitrogens with zero attached hydrogens (tertiary/aromatic N) is 4. The number of amides is 1. The topological polar surface area (TPSA) is 111 Å². The summed E-state index contributed by atoms with van der Waals surface area (Å²) in [7, 11) is 1.62. The van der Waals surface area contributed by atoms with Crippen LogP contribution in [0.1, 0.15) is 31.6 Å². The number of benzene rings is 1. The maximum atomic E-state index is 12.3. The molecule has 0 saturated carbocycles. The van der Waals surface area contributed by atoms with Crippen LogP contribution in [0.5, 0.6) is 5.75 Å². The minimum atomic E-state index is -0.0127. The van der Waals surface area contributed by atoms with Crippen molar-refractivity contribution in [2.24, 2.45) is 0 Å². The molecule has 3 heterocycles. The van der Waals surface area contributed by atoms with Gasteiger partial charge in [-0.2, -0.15) is 10.1 Å². The molecule has 178 valence electrons. The molecule has 0 radical (unpaired) electrons. The predicted octanol–water partition coefficient (Wildman–Crippen LogP) is 4.65. The number of aryl methyl sites for hydroxylation is 1. The summed E-state index contributed by atoms with van der Waals surface area (Å²) < 4.78 is 12.8. The third kappa shape index (κ3) is 6.17. The average molecular weight is 499 g/mol. The van der Waals surface area contributed by atoms with Crippen LogP contribution < -0.4 is 10.1 Å². The molecule has 0 bridgehead atoms. The molecule has 1 aromatic carbocycles. The number of unbranched alkanes of at least 4 members (excludes halogenated alkanes) is 2. The van der Waals surface area contributed by atoms with Crippen molar-refractivity contribution in [1.29, 1.82) is 0 Å². The second-order valence-corrected chi connectivity index (χ2v) is 8.97. The Kier molecular flexibility index (Phi) is 8.21. The molecular weight excluding hydrogens is 472 g/mol. The lowest BCUT2D eigenvalue weighted by molar-refractivity contribution is -0.121. The molecule has 0 spiro atoms. The SMILES string of the molecule is COc1ccc(-c2n[nH]c(=S)n2CCC(=O)NCCCCCc2nc(-c3cccs3)no2)cc1. The van der Waals surface area contributed by atoms with Crippen LogP contribution >= 0.6 is 23.6 Å². The Hall–Kier alpha value is -3.31. The second kappa shape index (κ2) is 11.7. The minimum absolute atomic E-state index is 0.0127. The summed E-state index contributed by atoms with van der Waals surface area (Å²) in [6.07, 6.45) is 3.84. The highest BCUT2D eigenvalue weighted by Gasteiger charge is 2.11. The van der Waals surface area contributed by atoms with Gasteiger partial charge in [0.1, 0.15) is 5.75 Å². The van der Waals surface area contributed by atoms with Crippen LogP contribution in [0.2, 0.25) is 0 Å². The number of methoxy groups -OCH3 is 1. The second-order valence-electron chi connectivity index (χ2n) is 7.63. The minimum Gasteiger partial charge on any atom is -0.497 e. The quantitative estimate of drug-likeness (QED) is 0.216. The molecule has 1 amide bonds. The maximum absolute atomic E-state index is 12.3. The lowest BCUT2D eigenvalue weighted by atomic mass is 10.2. The largest absolute Gasteiger partial charge is 0.497 e. The maximum Gasteiger partial charge on any atom is 0.226 e. The summed E-state index contributed by atoms with van der Waals surface area (Å²) in [6, 6.07) is 11.5. The standard InChI is InChI=1S/C23H26N6O3S2/c1-31-17-10-8-16(9-11-17)22-26-27-23(33)29(22)14-12-19(30)24-13-4-2-3-7-20-25-21(28-32-20)18-6-5-15-34-18/h5-6,8-11,15H,2-4,7,12-14H2,1H3,(H,24,30)(H,27,33). The number of ether oxygens (including phenoxy) is 1. The lowest BCUT2D eigenvalue weighted by Gasteiger charge is -2.08. The van der Waals surface area contributed by atoms with Gasteiger partial charge in [-0.1, -0.05) is 17.6 Å². The third-order valence-corrected chi connectivity index (χ3v) is 6.45. The molecule has 4 rings (SSSR count). The Morgan fingerprint density at radius 3 is 2.85 bits per heavy atom. The first-order chi connectivity index (χ1) is 16.6. The highest BCUT2D eigenvalue weighted by Crippen LogP contribution is 2.22. The number of H-pyrrole nitrogens is 1. The van der Waals surface area contributed by atoms with Crippen LogP contribution in [0, 0.1) is 4.77 Å². The van der Waals surface area contributed by atoms with Gasteiger partial charge in [-0.15, -0.1) is 11.3 Å². The van der Waals surface area contributed by atoms with E-state index in [9.17, 15) is 4.79 Å². The summed E-state index contributed by atoms with van der Waals surface area (Å²) in [5.41, 5.74) is 0.900. The monoisotopic (exact) mass is 498 g/mol. The van der Waals surface area contributed by atoms with Gasteiger partial charge in [0, 0.05) is 31.5 Å². The van der Waals surface area contributed by atoms with Gasteiger partial charge in [0.25, 0.3) is 0 Å². The fourth-order valence-electron chi connectivity index (χ4n) is 3.46. The molecular formula is C23H26N6O3S2. The molecule has 2 N–H and O–H groups in total. The highest BCUT2D eigenvalue weighted by molar-refractivity contribution is 7.71. The third-order valence-electron chi connectivity index (χ3n) is 5.27. The van der Waals surface area contributed by atoms with Gasteiger partial charge in [-0.05, 0) is 60.8 Å². The number of thiophene rings is 1. The van der Waals surface area contributed by atoms with Crippen molar-refractivity contribution in [2.45, 2.75) is 38.6 Å². The van der Waals surface area contributed by atoms with Crippen molar-refractivity contribution in [2.75, 3.05) is 13.7 Å². The number of nitrogens with one attached hydrogen (secondary N) is 2. The van der Waals surface area contributed by atoms with Crippen LogP contribution in [-0.2, 0) is 17.8 Å². The zero-order chi connectivity index (χ0) is 23.8. The number of aromatic nitrogens is 5. The molecule has 11 heteroatoms. The van der Waals surface area contributed by atoms with Crippen LogP contribution in [0.3, 0.4) is 0 Å². The van der Waals surface area contributed by atoms with E-state index in [0.29, 0.717) is 41.8 Å². The van der Waals surface area contributed by atoms with Crippen molar-refractivity contribution in [1.82, 2.24) is 30.2 Å². The zero-order valence-corrected chi connectivity index (χ0v) is 20.5. The molecule has 9 nitrogen and oxygen atoms in total. The number of rotatable bonds is 12. The summed E-state index contributed by atoms with van der Waals surface area (Å²) in [6.45, 7) is 1.08. The Bertz CT molecular complexity index is 1240. The van der Waals surface area contributed by atoms with Gasteiger partial charge >= 0.3 is 0 Å². The number of hydrogen-bond donors (Lipinski definition) is 2. The fraction of sp³-hybridized carbons (Fsp3) is 0.348. The summed E-state index contributed by atoms with van der Waals surface area (Å²) in [5, 5.41) is 16.1. The van der Waals surface area contributed by atoms with Gasteiger partial charge < -0.3 is 14.6 Å². The molecule has 0 atom stereocenters. The number of carbonyl (C=O) groups excluding carboxylic acids is 1. The first-order valence-corrected chi connectivity index (χ1v) is 12.4. The van der Waals surface area contributed by atoms with Crippen LogP contribution in [0.15, 0.2) is 46.3 Å². The summed E-state index contributed by atoms with van der Waals surface area (Å²) in [5.74, 6) is 2.75. The first kappa shape index (κ1) is 23.8. The van der Waals surface area contributed by atoms with Crippen LogP contribution in [0.25, 0.3) is 22.1 Å². The Balaban J connectivity index is 1.15. The van der Waals surface area contributed by atoms with Crippen molar-refractivity contribution < 1.29 is 14.1 Å². The normalized spacial score (nSPS) is 11.0. The van der Waals surface area contributed by atoms with Crippen LogP contribution in [-0.4, -0.2) is 44.5 Å². The van der Waals surface area contributed by atoms with Crippen molar-refractivity contribution in [3.8, 4) is 27.8 Å². The molecule has 0 aliphatic heterocycles. The molecule has 0 unspecified atom stereocenters. The van der Waals surface area contributed by atoms with Crippen molar-refractivity contribution >= 4 is 29.5 Å². The van der Waals surface area contributed by atoms with E-state index >= 15 is 0 Å². The predicted molar refractivity (Wildman–Crippen MR) is 132 cm³/mol. The van der Waals surface area contributed by atoms with Crippen molar-refractivity contribution in [3.63, 3.8) is 0 Å². The lowest BCUT2D eigenvalue weighted by Crippen LogP contribution is -2.25. The molecule has 0 aliphatic carbocycles. The Labute approximate surface area is 206 Å². The number of hydrogen-bond acceptors (Lipinski definition) is 8. The van der Waals surface area contributed by atoms with Crippen molar-refractivity contribution in [3.05, 3.63) is 52.4 Å². The van der Waals surface area contributed by atoms with E-state index in [2.05, 4.69) is 25.7 Å². The van der Waals surface area contributed by atoms with E-state index in [1.807, 2.05) is 46.3 Å². The van der Waals surface area contributed by atoms with Crippen LogP contribution in [0.4, 0.5) is 0 Å². The summed E-state index contributed by atoms with van der Waals surface area (Å²) >= 11 is 6.93. The Morgan fingerprint density at radius 2 is 2.09 bits per heavy atom. The van der Waals surface area contributed by atoms with E-state index < -0.39 is 0 Å². The Morgan fingerprint density at radius 1 is 1.24 bits per heavy atom. The molecule has 0 saturated heterocycles.